The van der Waals surface area contributed by atoms with Crippen LogP contribution in [0.3, 0.4) is 0 Å². The first-order valence-corrected chi connectivity index (χ1v) is 12.1. The average molecular weight is 409 g/mol. The van der Waals surface area contributed by atoms with Gasteiger partial charge in [0.05, 0.1) is 0 Å². The molecule has 0 heteroatoms. The summed E-state index contributed by atoms with van der Waals surface area (Å²) in [7, 11) is 0. The van der Waals surface area contributed by atoms with E-state index in [9.17, 15) is 0 Å². The lowest BCUT2D eigenvalue weighted by Crippen LogP contribution is -1.92. The Balaban J connectivity index is -0.000000642. The Hall–Kier alpha value is -2.34. The molecule has 3 rings (SSSR count). The molecule has 0 N–H and O–H groups in total. The maximum absolute atomic E-state index is 2.32. The van der Waals surface area contributed by atoms with Gasteiger partial charge in [-0.15, -0.1) is 0 Å². The minimum absolute atomic E-state index is 1.00. The SMILES string of the molecule is CC.CC.CC.CC.CC.c1ccc(Cc2cccc(Cc3ccccc3)c2)cc1. The van der Waals surface area contributed by atoms with E-state index in [2.05, 4.69) is 84.9 Å². The van der Waals surface area contributed by atoms with Crippen molar-refractivity contribution in [2.45, 2.75) is 82.1 Å². The zero-order valence-corrected chi connectivity index (χ0v) is 21.5. The van der Waals surface area contributed by atoms with Gasteiger partial charge in [0.1, 0.15) is 0 Å². The van der Waals surface area contributed by atoms with E-state index in [0.29, 0.717) is 0 Å². The third-order valence-electron chi connectivity index (χ3n) is 3.49. The van der Waals surface area contributed by atoms with E-state index in [4.69, 9.17) is 0 Å². The van der Waals surface area contributed by atoms with Gasteiger partial charge in [-0.25, -0.2) is 0 Å². The number of hydrogen-bond donors (Lipinski definition) is 0. The topological polar surface area (TPSA) is 0 Å². The standard InChI is InChI=1S/C20H18.5C2H6/c1-3-8-17(9-4-1)14-19-12-7-13-20(16-19)15-18-10-5-2-6-11-18;5*1-2/h1-13,16H,14-15H2;5*1-2H3. The Bertz CT molecular complexity index is 597. The Kier molecular flexibility index (Phi) is 28.7. The average Bonchev–Trinajstić information content (AvgIpc) is 2.87. The molecule has 0 aliphatic heterocycles. The van der Waals surface area contributed by atoms with E-state index in [1.807, 2.05) is 69.2 Å². The highest BCUT2D eigenvalue weighted by molar-refractivity contribution is 5.32. The normalized spacial score (nSPS) is 7.93. The van der Waals surface area contributed by atoms with Gasteiger partial charge in [0.2, 0.25) is 0 Å². The molecule has 0 saturated carbocycles. The summed E-state index contributed by atoms with van der Waals surface area (Å²) in [5.41, 5.74) is 5.49. The van der Waals surface area contributed by atoms with Gasteiger partial charge < -0.3 is 0 Å². The lowest BCUT2D eigenvalue weighted by Gasteiger charge is -2.06. The van der Waals surface area contributed by atoms with Crippen LogP contribution in [-0.2, 0) is 12.8 Å². The first-order valence-electron chi connectivity index (χ1n) is 12.1. The van der Waals surface area contributed by atoms with E-state index in [1.165, 1.54) is 22.3 Å². The maximum atomic E-state index is 2.32. The molecule has 0 aliphatic rings. The van der Waals surface area contributed by atoms with Crippen LogP contribution in [0, 0.1) is 0 Å². The van der Waals surface area contributed by atoms with Gasteiger partial charge in [-0.2, -0.15) is 0 Å². The van der Waals surface area contributed by atoms with Crippen LogP contribution < -0.4 is 0 Å². The molecule has 3 aromatic carbocycles. The molecular formula is C30H48. The Morgan fingerprint density at radius 2 is 0.600 bits per heavy atom. The molecule has 0 bridgehead atoms. The molecular weight excluding hydrogens is 360 g/mol. The third-order valence-corrected chi connectivity index (χ3v) is 3.49. The van der Waals surface area contributed by atoms with Crippen LogP contribution in [0.2, 0.25) is 0 Å². The Morgan fingerprint density at radius 3 is 0.900 bits per heavy atom. The van der Waals surface area contributed by atoms with Crippen molar-refractivity contribution >= 4 is 0 Å². The summed E-state index contributed by atoms with van der Waals surface area (Å²) in [5.74, 6) is 0. The molecule has 0 saturated heterocycles. The van der Waals surface area contributed by atoms with E-state index < -0.39 is 0 Å². The highest BCUT2D eigenvalue weighted by Crippen LogP contribution is 2.14. The summed E-state index contributed by atoms with van der Waals surface area (Å²) in [6.07, 6.45) is 2.01. The van der Waals surface area contributed by atoms with Crippen LogP contribution in [0.25, 0.3) is 0 Å². The zero-order valence-electron chi connectivity index (χ0n) is 21.5. The van der Waals surface area contributed by atoms with Gasteiger partial charge in [0, 0.05) is 0 Å². The van der Waals surface area contributed by atoms with Crippen LogP contribution >= 0.6 is 0 Å². The summed E-state index contributed by atoms with van der Waals surface area (Å²) in [5, 5.41) is 0. The molecule has 0 unspecified atom stereocenters. The minimum atomic E-state index is 1.00. The van der Waals surface area contributed by atoms with Gasteiger partial charge in [0.25, 0.3) is 0 Å². The Labute approximate surface area is 189 Å². The summed E-state index contributed by atoms with van der Waals surface area (Å²) in [6, 6.07) is 30.2. The van der Waals surface area contributed by atoms with Gasteiger partial charge >= 0.3 is 0 Å². The van der Waals surface area contributed by atoms with E-state index in [1.54, 1.807) is 0 Å². The fourth-order valence-electron chi connectivity index (χ4n) is 2.51. The fourth-order valence-corrected chi connectivity index (χ4v) is 2.51. The van der Waals surface area contributed by atoms with E-state index in [-0.39, 0.29) is 0 Å². The van der Waals surface area contributed by atoms with Crippen molar-refractivity contribution in [3.63, 3.8) is 0 Å². The quantitative estimate of drug-likeness (QED) is 0.403. The molecule has 0 aromatic heterocycles. The number of hydrogen-bond acceptors (Lipinski definition) is 0. The molecule has 30 heavy (non-hydrogen) atoms. The van der Waals surface area contributed by atoms with Crippen molar-refractivity contribution in [2.24, 2.45) is 0 Å². The smallest absolute Gasteiger partial charge is 0.00257 e. The fraction of sp³-hybridized carbons (Fsp3) is 0.400. The highest BCUT2D eigenvalue weighted by Gasteiger charge is 1.99. The Morgan fingerprint density at radius 1 is 0.333 bits per heavy atom. The molecule has 168 valence electrons. The minimum Gasteiger partial charge on any atom is -0.0683 e. The van der Waals surface area contributed by atoms with Crippen molar-refractivity contribution in [1.29, 1.82) is 0 Å². The van der Waals surface area contributed by atoms with Crippen molar-refractivity contribution in [3.05, 3.63) is 107 Å². The lowest BCUT2D eigenvalue weighted by molar-refractivity contribution is 1.14. The molecule has 3 aromatic rings. The molecule has 0 fully saturated rings. The molecule has 0 amide bonds. The summed E-state index contributed by atoms with van der Waals surface area (Å²) >= 11 is 0. The van der Waals surface area contributed by atoms with Gasteiger partial charge in [-0.05, 0) is 35.1 Å². The predicted octanol–water partition coefficient (Wildman–Crippen LogP) is 10.00. The second-order valence-corrected chi connectivity index (χ2v) is 5.14. The first-order chi connectivity index (χ1) is 14.9. The van der Waals surface area contributed by atoms with Crippen LogP contribution in [-0.4, -0.2) is 0 Å². The number of rotatable bonds is 4. The summed E-state index contributed by atoms with van der Waals surface area (Å²) in [4.78, 5) is 0. The molecule has 0 atom stereocenters. The van der Waals surface area contributed by atoms with Crippen LogP contribution in [0.1, 0.15) is 91.5 Å². The highest BCUT2D eigenvalue weighted by atomic mass is 14.0. The third kappa shape index (κ3) is 15.6. The van der Waals surface area contributed by atoms with Gasteiger partial charge in [0.15, 0.2) is 0 Å². The molecule has 0 nitrogen and oxygen atoms in total. The maximum Gasteiger partial charge on any atom is -0.00257 e. The second-order valence-electron chi connectivity index (χ2n) is 5.14. The van der Waals surface area contributed by atoms with Gasteiger partial charge in [-0.3, -0.25) is 0 Å². The zero-order chi connectivity index (χ0) is 23.6. The van der Waals surface area contributed by atoms with Crippen molar-refractivity contribution in [3.8, 4) is 0 Å². The van der Waals surface area contributed by atoms with E-state index in [0.717, 1.165) is 12.8 Å². The van der Waals surface area contributed by atoms with E-state index >= 15 is 0 Å². The second kappa shape index (κ2) is 26.7. The van der Waals surface area contributed by atoms with Crippen molar-refractivity contribution < 1.29 is 0 Å². The van der Waals surface area contributed by atoms with Gasteiger partial charge in [-0.1, -0.05) is 154 Å². The van der Waals surface area contributed by atoms with Crippen molar-refractivity contribution in [1.82, 2.24) is 0 Å². The molecule has 0 aliphatic carbocycles. The monoisotopic (exact) mass is 408 g/mol. The molecule has 0 radical (unpaired) electrons. The van der Waals surface area contributed by atoms with Crippen LogP contribution in [0.5, 0.6) is 0 Å². The first kappa shape index (κ1) is 32.3. The molecule has 0 heterocycles. The number of benzene rings is 3. The molecule has 0 spiro atoms. The van der Waals surface area contributed by atoms with Crippen LogP contribution in [0.15, 0.2) is 84.9 Å². The largest absolute Gasteiger partial charge is 0.0683 e. The summed E-state index contributed by atoms with van der Waals surface area (Å²) in [6.45, 7) is 20.0. The predicted molar refractivity (Wildman–Crippen MR) is 142 cm³/mol. The lowest BCUT2D eigenvalue weighted by atomic mass is 9.99. The summed E-state index contributed by atoms with van der Waals surface area (Å²) < 4.78 is 0. The van der Waals surface area contributed by atoms with Crippen molar-refractivity contribution in [2.75, 3.05) is 0 Å². The van der Waals surface area contributed by atoms with Crippen LogP contribution in [0.4, 0.5) is 0 Å².